The van der Waals surface area contributed by atoms with Gasteiger partial charge in [-0.15, -0.1) is 0 Å². The highest BCUT2D eigenvalue weighted by molar-refractivity contribution is 8.26. The van der Waals surface area contributed by atoms with E-state index in [0.717, 1.165) is 22.0 Å². The summed E-state index contributed by atoms with van der Waals surface area (Å²) in [5.41, 5.74) is 1.01. The summed E-state index contributed by atoms with van der Waals surface area (Å²) in [5, 5.41) is 19.5. The van der Waals surface area contributed by atoms with Gasteiger partial charge in [0.15, 0.2) is 0 Å². The van der Waals surface area contributed by atoms with Gasteiger partial charge in [0.1, 0.15) is 10.4 Å². The Morgan fingerprint density at radius 2 is 2.04 bits per heavy atom. The normalized spacial score (nSPS) is 16.9. The first-order valence-electron chi connectivity index (χ1n) is 7.55. The molecule has 1 unspecified atom stereocenters. The van der Waals surface area contributed by atoms with Crippen molar-refractivity contribution in [3.63, 3.8) is 0 Å². The summed E-state index contributed by atoms with van der Waals surface area (Å²) in [6, 6.07) is 7.26. The van der Waals surface area contributed by atoms with Crippen molar-refractivity contribution in [1.82, 2.24) is 9.88 Å². The molecule has 1 atom stereocenters. The lowest BCUT2D eigenvalue weighted by atomic mass is 10.1. The number of carboxylic acid groups (broad SMARTS) is 2. The van der Waals surface area contributed by atoms with Gasteiger partial charge in [0.2, 0.25) is 0 Å². The molecule has 0 aliphatic carbocycles. The number of fused-ring (bicyclic) bond motifs is 1. The maximum atomic E-state index is 12.6. The molecule has 1 fully saturated rings. The Balaban J connectivity index is 1.95. The average Bonchev–Trinajstić information content (AvgIpc) is 2.87. The highest BCUT2D eigenvalue weighted by Gasteiger charge is 2.41. The zero-order valence-corrected chi connectivity index (χ0v) is 15.8. The second-order valence-electron chi connectivity index (χ2n) is 5.55. The fourth-order valence-electron chi connectivity index (χ4n) is 2.54. The molecule has 2 aromatic rings. The van der Waals surface area contributed by atoms with Crippen LogP contribution in [0.3, 0.4) is 0 Å². The van der Waals surface area contributed by atoms with Gasteiger partial charge in [0.05, 0.1) is 27.6 Å². The fourth-order valence-corrected chi connectivity index (χ4v) is 4.11. The zero-order chi connectivity index (χ0) is 19.7. The first-order valence-corrected chi connectivity index (χ1v) is 9.15. The standard InChI is InChI=1S/C17H11ClN2O5S2/c18-10-3-1-2-8-4-5-9(19-14(8)10)6-12-15(23)20(17(26)27-12)11(16(24)25)7-13(21)22/h1-6,11H,7H2,(H,21,22)(H,24,25). The summed E-state index contributed by atoms with van der Waals surface area (Å²) in [7, 11) is 0. The molecule has 27 heavy (non-hydrogen) atoms. The molecular weight excluding hydrogens is 412 g/mol. The second kappa shape index (κ2) is 7.63. The van der Waals surface area contributed by atoms with Crippen molar-refractivity contribution in [2.45, 2.75) is 12.5 Å². The number of aliphatic carboxylic acids is 2. The van der Waals surface area contributed by atoms with Gasteiger partial charge in [-0.1, -0.05) is 53.8 Å². The van der Waals surface area contributed by atoms with Crippen LogP contribution in [0.15, 0.2) is 35.2 Å². The summed E-state index contributed by atoms with van der Waals surface area (Å²) >= 11 is 12.1. The number of hydrogen-bond donors (Lipinski definition) is 2. The number of carboxylic acids is 2. The number of thiocarbonyl (C=S) groups is 1. The molecule has 1 aliphatic heterocycles. The van der Waals surface area contributed by atoms with E-state index < -0.39 is 30.3 Å². The third-order valence-corrected chi connectivity index (χ3v) is 5.40. The van der Waals surface area contributed by atoms with E-state index in [9.17, 15) is 19.5 Å². The minimum Gasteiger partial charge on any atom is -0.481 e. The number of para-hydroxylation sites is 1. The quantitative estimate of drug-likeness (QED) is 0.559. The van der Waals surface area contributed by atoms with Crippen molar-refractivity contribution in [1.29, 1.82) is 0 Å². The Morgan fingerprint density at radius 3 is 2.70 bits per heavy atom. The number of carbonyl (C=O) groups is 3. The van der Waals surface area contributed by atoms with E-state index >= 15 is 0 Å². The van der Waals surface area contributed by atoms with Gasteiger partial charge < -0.3 is 10.2 Å². The lowest BCUT2D eigenvalue weighted by Gasteiger charge is -2.21. The van der Waals surface area contributed by atoms with Crippen LogP contribution in [-0.4, -0.2) is 48.3 Å². The molecule has 2 heterocycles. The molecule has 1 saturated heterocycles. The topological polar surface area (TPSA) is 108 Å². The average molecular weight is 423 g/mol. The Hall–Kier alpha value is -2.49. The van der Waals surface area contributed by atoms with Crippen LogP contribution in [0.25, 0.3) is 17.0 Å². The third-order valence-electron chi connectivity index (χ3n) is 3.76. The molecule has 2 N–H and O–H groups in total. The number of halogens is 1. The predicted molar refractivity (Wildman–Crippen MR) is 105 cm³/mol. The Labute approximate surface area is 167 Å². The second-order valence-corrected chi connectivity index (χ2v) is 7.63. The number of carbonyl (C=O) groups excluding carboxylic acids is 1. The Bertz CT molecular complexity index is 1020. The number of nitrogens with zero attached hydrogens (tertiary/aromatic N) is 2. The summed E-state index contributed by atoms with van der Waals surface area (Å²) < 4.78 is -0.0151. The molecule has 0 saturated carbocycles. The van der Waals surface area contributed by atoms with Crippen LogP contribution in [0, 0.1) is 0 Å². The minimum absolute atomic E-state index is 0.0151. The van der Waals surface area contributed by atoms with Crippen LogP contribution in [0.5, 0.6) is 0 Å². The SMILES string of the molecule is O=C(O)CC(C(=O)O)N1C(=O)C(=Cc2ccc3cccc(Cl)c3n2)SC1=S. The molecular formula is C17H11ClN2O5S2. The van der Waals surface area contributed by atoms with Crippen molar-refractivity contribution >= 4 is 74.7 Å². The van der Waals surface area contributed by atoms with E-state index in [2.05, 4.69) is 4.98 Å². The van der Waals surface area contributed by atoms with E-state index in [-0.39, 0.29) is 9.23 Å². The lowest BCUT2D eigenvalue weighted by molar-refractivity contribution is -0.150. The molecule has 1 aromatic heterocycles. The lowest BCUT2D eigenvalue weighted by Crippen LogP contribution is -2.45. The number of hydrogen-bond acceptors (Lipinski definition) is 6. The maximum Gasteiger partial charge on any atom is 0.327 e. The van der Waals surface area contributed by atoms with Gasteiger partial charge in [-0.2, -0.15) is 0 Å². The number of amides is 1. The van der Waals surface area contributed by atoms with Crippen molar-refractivity contribution in [3.8, 4) is 0 Å². The number of benzene rings is 1. The molecule has 0 bridgehead atoms. The fraction of sp³-hybridized carbons (Fsp3) is 0.118. The molecule has 1 aromatic carbocycles. The molecule has 10 heteroatoms. The molecule has 0 spiro atoms. The van der Waals surface area contributed by atoms with Gasteiger partial charge in [-0.05, 0) is 18.2 Å². The monoisotopic (exact) mass is 422 g/mol. The van der Waals surface area contributed by atoms with Gasteiger partial charge in [0.25, 0.3) is 5.91 Å². The van der Waals surface area contributed by atoms with E-state index in [1.54, 1.807) is 24.3 Å². The van der Waals surface area contributed by atoms with Crippen LogP contribution in [-0.2, 0) is 14.4 Å². The van der Waals surface area contributed by atoms with Crippen LogP contribution in [0.2, 0.25) is 5.02 Å². The molecule has 3 rings (SSSR count). The summed E-state index contributed by atoms with van der Waals surface area (Å²) in [5.74, 6) is -3.45. The van der Waals surface area contributed by atoms with E-state index in [1.165, 1.54) is 6.08 Å². The summed E-state index contributed by atoms with van der Waals surface area (Å²) in [6.07, 6.45) is 0.723. The van der Waals surface area contributed by atoms with E-state index in [1.807, 2.05) is 6.07 Å². The van der Waals surface area contributed by atoms with Crippen molar-refractivity contribution in [3.05, 3.63) is 46.0 Å². The van der Waals surface area contributed by atoms with E-state index in [4.69, 9.17) is 28.9 Å². The molecule has 1 amide bonds. The van der Waals surface area contributed by atoms with Gasteiger partial charge in [-0.25, -0.2) is 9.78 Å². The Morgan fingerprint density at radius 1 is 1.30 bits per heavy atom. The zero-order valence-electron chi connectivity index (χ0n) is 13.5. The molecule has 138 valence electrons. The smallest absolute Gasteiger partial charge is 0.327 e. The Kier molecular flexibility index (Phi) is 5.45. The number of thioether (sulfide) groups is 1. The predicted octanol–water partition coefficient (Wildman–Crippen LogP) is 3.02. The molecule has 0 radical (unpaired) electrons. The van der Waals surface area contributed by atoms with Crippen molar-refractivity contribution in [2.75, 3.05) is 0 Å². The third kappa shape index (κ3) is 3.95. The summed E-state index contributed by atoms with van der Waals surface area (Å²) in [4.78, 5) is 40.3. The maximum absolute atomic E-state index is 12.6. The van der Waals surface area contributed by atoms with Crippen LogP contribution >= 0.6 is 35.6 Å². The number of pyridine rings is 1. The van der Waals surface area contributed by atoms with Crippen LogP contribution in [0.1, 0.15) is 12.1 Å². The van der Waals surface area contributed by atoms with Gasteiger partial charge in [-0.3, -0.25) is 14.5 Å². The van der Waals surface area contributed by atoms with Gasteiger partial charge >= 0.3 is 11.9 Å². The van der Waals surface area contributed by atoms with Crippen LogP contribution < -0.4 is 0 Å². The minimum atomic E-state index is -1.57. The molecule has 7 nitrogen and oxygen atoms in total. The first-order chi connectivity index (χ1) is 12.8. The highest BCUT2D eigenvalue weighted by atomic mass is 35.5. The molecule has 1 aliphatic rings. The summed E-state index contributed by atoms with van der Waals surface area (Å²) in [6.45, 7) is 0. The first kappa shape index (κ1) is 19.3. The number of rotatable bonds is 5. The van der Waals surface area contributed by atoms with Crippen molar-refractivity contribution in [2.24, 2.45) is 0 Å². The van der Waals surface area contributed by atoms with Gasteiger partial charge in [0, 0.05) is 5.39 Å². The van der Waals surface area contributed by atoms with E-state index in [0.29, 0.717) is 16.2 Å². The highest BCUT2D eigenvalue weighted by Crippen LogP contribution is 2.35. The van der Waals surface area contributed by atoms with Crippen LogP contribution in [0.4, 0.5) is 0 Å². The largest absolute Gasteiger partial charge is 0.481 e. The number of aromatic nitrogens is 1. The van der Waals surface area contributed by atoms with Crippen molar-refractivity contribution < 1.29 is 24.6 Å².